The van der Waals surface area contributed by atoms with E-state index in [1.807, 2.05) is 22.7 Å². The van der Waals surface area contributed by atoms with E-state index in [-0.39, 0.29) is 0 Å². The van der Waals surface area contributed by atoms with Crippen LogP contribution in [0.15, 0.2) is 22.9 Å². The molecule has 0 saturated heterocycles. The number of hydrogen-bond acceptors (Lipinski definition) is 3. The van der Waals surface area contributed by atoms with Crippen molar-refractivity contribution in [3.8, 4) is 0 Å². The van der Waals surface area contributed by atoms with E-state index in [0.717, 1.165) is 13.0 Å². The molecular weight excluding hydrogens is 308 g/mol. The monoisotopic (exact) mass is 334 g/mol. The Balaban J connectivity index is 1.54. The van der Waals surface area contributed by atoms with Gasteiger partial charge in [0, 0.05) is 12.6 Å². The molecule has 2 nitrogen and oxygen atoms in total. The highest BCUT2D eigenvalue weighted by molar-refractivity contribution is 7.25. The molecule has 3 rings (SSSR count). The molecule has 4 heteroatoms. The lowest BCUT2D eigenvalue weighted by Gasteiger charge is -2.12. The highest BCUT2D eigenvalue weighted by Crippen LogP contribution is 2.36. The molecule has 0 aromatic carbocycles. The normalized spacial score (nSPS) is 13.4. The third-order valence-electron chi connectivity index (χ3n) is 4.46. The van der Waals surface area contributed by atoms with Crippen LogP contribution < -0.4 is 5.73 Å². The molecule has 0 fully saturated rings. The van der Waals surface area contributed by atoms with E-state index >= 15 is 0 Å². The van der Waals surface area contributed by atoms with Gasteiger partial charge in [-0.3, -0.25) is 0 Å². The smallest absolute Gasteiger partial charge is 0.0700 e. The van der Waals surface area contributed by atoms with Crippen molar-refractivity contribution in [2.45, 2.75) is 64.5 Å². The first-order valence-electron chi connectivity index (χ1n) is 8.49. The van der Waals surface area contributed by atoms with Crippen LogP contribution in [-0.2, 0) is 6.54 Å². The summed E-state index contributed by atoms with van der Waals surface area (Å²) in [5, 5.41) is 4.42. The molecule has 3 heterocycles. The predicted octanol–water partition coefficient (Wildman–Crippen LogP) is 6.00. The highest BCUT2D eigenvalue weighted by Gasteiger charge is 2.12. The quantitative estimate of drug-likeness (QED) is 0.478. The predicted molar refractivity (Wildman–Crippen MR) is 101 cm³/mol. The molecule has 0 aliphatic heterocycles. The Labute approximate surface area is 140 Å². The summed E-state index contributed by atoms with van der Waals surface area (Å²) in [5.41, 5.74) is 9.09. The summed E-state index contributed by atoms with van der Waals surface area (Å²) in [6, 6.07) is 4.90. The minimum atomic E-state index is 0.378. The Bertz CT molecular complexity index is 659. The molecule has 0 saturated carbocycles. The van der Waals surface area contributed by atoms with Crippen LogP contribution in [0.3, 0.4) is 0 Å². The average Bonchev–Trinajstić information content (AvgIpc) is 3.19. The number of aryl methyl sites for hydroxylation is 1. The zero-order valence-corrected chi connectivity index (χ0v) is 15.0. The number of hydrogen-bond donors (Lipinski definition) is 1. The summed E-state index contributed by atoms with van der Waals surface area (Å²) in [4.78, 5) is 0. The summed E-state index contributed by atoms with van der Waals surface area (Å²) in [6.07, 6.45) is 8.79. The van der Waals surface area contributed by atoms with E-state index < -0.39 is 0 Å². The summed E-state index contributed by atoms with van der Waals surface area (Å²) < 4.78 is 5.39. The number of rotatable bonds is 9. The molecule has 22 heavy (non-hydrogen) atoms. The molecular formula is C18H26N2S2. The zero-order chi connectivity index (χ0) is 15.4. The van der Waals surface area contributed by atoms with Crippen LogP contribution in [0.4, 0.5) is 0 Å². The fourth-order valence-electron chi connectivity index (χ4n) is 3.23. The maximum atomic E-state index is 6.28. The van der Waals surface area contributed by atoms with Crippen molar-refractivity contribution in [2.24, 2.45) is 5.73 Å². The molecule has 1 atom stereocenters. The van der Waals surface area contributed by atoms with E-state index in [4.69, 9.17) is 5.73 Å². The van der Waals surface area contributed by atoms with Gasteiger partial charge in [0.05, 0.1) is 20.4 Å². The van der Waals surface area contributed by atoms with Gasteiger partial charge in [0.25, 0.3) is 0 Å². The topological polar surface area (TPSA) is 30.9 Å². The van der Waals surface area contributed by atoms with Crippen molar-refractivity contribution in [3.63, 3.8) is 0 Å². The average molecular weight is 335 g/mol. The van der Waals surface area contributed by atoms with Gasteiger partial charge in [-0.15, -0.1) is 22.7 Å². The van der Waals surface area contributed by atoms with Gasteiger partial charge in [-0.2, -0.15) is 0 Å². The van der Waals surface area contributed by atoms with Crippen LogP contribution in [-0.4, -0.2) is 10.6 Å². The Kier molecular flexibility index (Phi) is 5.55. The lowest BCUT2D eigenvalue weighted by molar-refractivity contribution is 0.491. The highest BCUT2D eigenvalue weighted by atomic mass is 32.1. The van der Waals surface area contributed by atoms with Crippen molar-refractivity contribution in [1.29, 1.82) is 0 Å². The molecule has 2 N–H and O–H groups in total. The molecule has 0 aliphatic rings. The second-order valence-electron chi connectivity index (χ2n) is 6.17. The Morgan fingerprint density at radius 3 is 2.23 bits per heavy atom. The minimum Gasteiger partial charge on any atom is -0.339 e. The largest absolute Gasteiger partial charge is 0.339 e. The Morgan fingerprint density at radius 2 is 1.59 bits per heavy atom. The minimum absolute atomic E-state index is 0.378. The first kappa shape index (κ1) is 16.0. The fraction of sp³-hybridized carbons (Fsp3) is 0.556. The Morgan fingerprint density at radius 1 is 0.955 bits per heavy atom. The van der Waals surface area contributed by atoms with E-state index in [0.29, 0.717) is 6.04 Å². The van der Waals surface area contributed by atoms with Gasteiger partial charge in [0.1, 0.15) is 0 Å². The summed E-state index contributed by atoms with van der Waals surface area (Å²) >= 11 is 3.73. The van der Waals surface area contributed by atoms with Crippen molar-refractivity contribution in [1.82, 2.24) is 4.57 Å². The number of nitrogens with two attached hydrogens (primary N) is 1. The number of fused-ring (bicyclic) bond motifs is 3. The SMILES string of the molecule is CCCCCCC(N)CCCn1c2ccsc2c2sccc21. The molecule has 0 radical (unpaired) electrons. The molecule has 0 amide bonds. The van der Waals surface area contributed by atoms with Crippen molar-refractivity contribution < 1.29 is 0 Å². The van der Waals surface area contributed by atoms with Crippen LogP contribution >= 0.6 is 22.7 Å². The Hall–Kier alpha value is -0.840. The van der Waals surface area contributed by atoms with Crippen LogP contribution in [0.2, 0.25) is 0 Å². The summed E-state index contributed by atoms with van der Waals surface area (Å²) in [5.74, 6) is 0. The maximum Gasteiger partial charge on any atom is 0.0700 e. The lowest BCUT2D eigenvalue weighted by Crippen LogP contribution is -2.20. The van der Waals surface area contributed by atoms with Gasteiger partial charge in [-0.25, -0.2) is 0 Å². The molecule has 3 aromatic heterocycles. The van der Waals surface area contributed by atoms with Gasteiger partial charge < -0.3 is 10.3 Å². The summed E-state index contributed by atoms with van der Waals surface area (Å²) in [6.45, 7) is 3.35. The fourth-order valence-corrected chi connectivity index (χ4v) is 5.21. The van der Waals surface area contributed by atoms with E-state index in [9.17, 15) is 0 Å². The molecule has 0 spiro atoms. The third-order valence-corrected chi connectivity index (χ3v) is 6.43. The standard InChI is InChI=1S/C18H26N2S2/c1-2-3-4-5-7-14(19)8-6-11-20-15-9-12-21-17(15)18-16(20)10-13-22-18/h9-10,12-14H,2-8,11,19H2,1H3. The van der Waals surface area contributed by atoms with Gasteiger partial charge in [-0.1, -0.05) is 32.6 Å². The van der Waals surface area contributed by atoms with E-state index in [1.54, 1.807) is 0 Å². The van der Waals surface area contributed by atoms with Crippen molar-refractivity contribution in [2.75, 3.05) is 0 Å². The second-order valence-corrected chi connectivity index (χ2v) is 8.01. The van der Waals surface area contributed by atoms with Crippen molar-refractivity contribution in [3.05, 3.63) is 22.9 Å². The number of unbranched alkanes of at least 4 members (excludes halogenated alkanes) is 3. The number of aromatic nitrogens is 1. The number of nitrogens with zero attached hydrogens (tertiary/aromatic N) is 1. The first-order chi connectivity index (χ1) is 10.8. The van der Waals surface area contributed by atoms with Gasteiger partial charge in [0.2, 0.25) is 0 Å². The zero-order valence-electron chi connectivity index (χ0n) is 13.4. The first-order valence-corrected chi connectivity index (χ1v) is 10.3. The van der Waals surface area contributed by atoms with Crippen molar-refractivity contribution >= 4 is 43.1 Å². The molecule has 0 bridgehead atoms. The van der Waals surface area contributed by atoms with Gasteiger partial charge in [-0.05, 0) is 42.2 Å². The van der Waals surface area contributed by atoms with Crippen LogP contribution in [0, 0.1) is 0 Å². The van der Waals surface area contributed by atoms with E-state index in [2.05, 4.69) is 34.4 Å². The number of thiophene rings is 2. The maximum absolute atomic E-state index is 6.28. The molecule has 3 aromatic rings. The third kappa shape index (κ3) is 3.39. The molecule has 1 unspecified atom stereocenters. The van der Waals surface area contributed by atoms with Crippen LogP contribution in [0.25, 0.3) is 20.4 Å². The van der Waals surface area contributed by atoms with Gasteiger partial charge in [0.15, 0.2) is 0 Å². The van der Waals surface area contributed by atoms with Crippen LogP contribution in [0.1, 0.15) is 51.9 Å². The molecule has 0 aliphatic carbocycles. The van der Waals surface area contributed by atoms with Crippen LogP contribution in [0.5, 0.6) is 0 Å². The van der Waals surface area contributed by atoms with E-state index in [1.165, 1.54) is 59.0 Å². The summed E-state index contributed by atoms with van der Waals surface area (Å²) in [7, 11) is 0. The van der Waals surface area contributed by atoms with Gasteiger partial charge >= 0.3 is 0 Å². The lowest BCUT2D eigenvalue weighted by atomic mass is 10.0. The second kappa shape index (κ2) is 7.62. The molecule has 120 valence electrons.